The van der Waals surface area contributed by atoms with E-state index in [1.54, 1.807) is 0 Å². The standard InChI is InChI=1S/C21H29N5O/c1-16(21(27)25-12-5-3-6-13-25)22-18-10-8-9-17(15-18)20-24-23-19-11-4-2-7-14-26(19)20/h8-10,15-16,22H,2-7,11-14H2,1H3/t16-/m0/s1. The molecule has 0 spiro atoms. The van der Waals surface area contributed by atoms with Crippen LogP contribution in [0, 0.1) is 0 Å². The molecular weight excluding hydrogens is 338 g/mol. The van der Waals surface area contributed by atoms with Crippen molar-refractivity contribution in [1.29, 1.82) is 0 Å². The van der Waals surface area contributed by atoms with Crippen LogP contribution < -0.4 is 5.32 Å². The molecule has 1 aromatic carbocycles. The highest BCUT2D eigenvalue weighted by Gasteiger charge is 2.22. The number of benzene rings is 1. The first kappa shape index (κ1) is 18.0. The van der Waals surface area contributed by atoms with Gasteiger partial charge in [0.1, 0.15) is 11.9 Å². The van der Waals surface area contributed by atoms with Crippen molar-refractivity contribution in [1.82, 2.24) is 19.7 Å². The van der Waals surface area contributed by atoms with E-state index < -0.39 is 0 Å². The number of rotatable bonds is 4. The molecule has 144 valence electrons. The van der Waals surface area contributed by atoms with Crippen molar-refractivity contribution in [3.05, 3.63) is 30.1 Å². The summed E-state index contributed by atoms with van der Waals surface area (Å²) in [4.78, 5) is 14.7. The summed E-state index contributed by atoms with van der Waals surface area (Å²) in [6.07, 6.45) is 8.09. The zero-order chi connectivity index (χ0) is 18.6. The normalized spacial score (nSPS) is 18.5. The van der Waals surface area contributed by atoms with Crippen molar-refractivity contribution in [2.45, 2.75) is 64.5 Å². The number of anilines is 1. The van der Waals surface area contributed by atoms with Crippen LogP contribution in [-0.4, -0.2) is 44.7 Å². The number of amides is 1. The van der Waals surface area contributed by atoms with Gasteiger partial charge in [0.25, 0.3) is 0 Å². The molecule has 2 aliphatic heterocycles. The molecule has 1 fully saturated rings. The van der Waals surface area contributed by atoms with E-state index in [0.717, 1.165) is 61.8 Å². The molecule has 1 amide bonds. The van der Waals surface area contributed by atoms with Crippen LogP contribution in [0.4, 0.5) is 5.69 Å². The van der Waals surface area contributed by atoms with Gasteiger partial charge in [-0.05, 0) is 51.2 Å². The molecule has 6 nitrogen and oxygen atoms in total. The Balaban J connectivity index is 1.49. The molecule has 4 rings (SSSR count). The van der Waals surface area contributed by atoms with Crippen molar-refractivity contribution >= 4 is 11.6 Å². The van der Waals surface area contributed by atoms with Gasteiger partial charge in [-0.3, -0.25) is 4.79 Å². The third-order valence-electron chi connectivity index (χ3n) is 5.65. The quantitative estimate of drug-likeness (QED) is 0.899. The molecule has 3 heterocycles. The fraction of sp³-hybridized carbons (Fsp3) is 0.571. The Bertz CT molecular complexity index is 794. The smallest absolute Gasteiger partial charge is 0.244 e. The van der Waals surface area contributed by atoms with Crippen LogP contribution in [0.5, 0.6) is 0 Å². The van der Waals surface area contributed by atoms with E-state index in [0.29, 0.717) is 0 Å². The number of hydrogen-bond donors (Lipinski definition) is 1. The molecule has 0 aliphatic carbocycles. The number of piperidine rings is 1. The van der Waals surface area contributed by atoms with Crippen LogP contribution in [0.15, 0.2) is 24.3 Å². The first-order valence-corrected chi connectivity index (χ1v) is 10.3. The molecule has 27 heavy (non-hydrogen) atoms. The molecule has 1 aromatic heterocycles. The molecule has 6 heteroatoms. The van der Waals surface area contributed by atoms with Gasteiger partial charge >= 0.3 is 0 Å². The average Bonchev–Trinajstić information content (AvgIpc) is 2.96. The molecule has 1 atom stereocenters. The molecule has 1 N–H and O–H groups in total. The second-order valence-electron chi connectivity index (χ2n) is 7.73. The molecule has 0 radical (unpaired) electrons. The highest BCUT2D eigenvalue weighted by molar-refractivity contribution is 5.84. The Morgan fingerprint density at radius 2 is 1.81 bits per heavy atom. The van der Waals surface area contributed by atoms with Gasteiger partial charge in [0.2, 0.25) is 5.91 Å². The topological polar surface area (TPSA) is 63.1 Å². The number of nitrogens with one attached hydrogen (secondary N) is 1. The lowest BCUT2D eigenvalue weighted by Gasteiger charge is -2.29. The van der Waals surface area contributed by atoms with Crippen LogP contribution >= 0.6 is 0 Å². The Labute approximate surface area is 161 Å². The van der Waals surface area contributed by atoms with Gasteiger partial charge in [-0.25, -0.2) is 0 Å². The summed E-state index contributed by atoms with van der Waals surface area (Å²) in [6.45, 7) is 4.71. The summed E-state index contributed by atoms with van der Waals surface area (Å²) in [6, 6.07) is 7.97. The first-order valence-electron chi connectivity index (χ1n) is 10.3. The second-order valence-corrected chi connectivity index (χ2v) is 7.73. The lowest BCUT2D eigenvalue weighted by molar-refractivity contribution is -0.132. The van der Waals surface area contributed by atoms with E-state index in [-0.39, 0.29) is 11.9 Å². The Kier molecular flexibility index (Phi) is 5.41. The Hall–Kier alpha value is -2.37. The van der Waals surface area contributed by atoms with Gasteiger partial charge < -0.3 is 14.8 Å². The fourth-order valence-corrected chi connectivity index (χ4v) is 4.15. The van der Waals surface area contributed by atoms with Crippen molar-refractivity contribution in [3.63, 3.8) is 0 Å². The first-order chi connectivity index (χ1) is 13.2. The Morgan fingerprint density at radius 1 is 1.04 bits per heavy atom. The summed E-state index contributed by atoms with van der Waals surface area (Å²) in [5, 5.41) is 12.2. The number of carbonyl (C=O) groups is 1. The number of hydrogen-bond acceptors (Lipinski definition) is 4. The zero-order valence-electron chi connectivity index (χ0n) is 16.2. The SMILES string of the molecule is C[C@H](Nc1cccc(-c2nnc3n2CCCCC3)c1)C(=O)N1CCCCC1. The molecule has 1 saturated heterocycles. The minimum atomic E-state index is -0.228. The second kappa shape index (κ2) is 8.11. The van der Waals surface area contributed by atoms with Crippen molar-refractivity contribution in [2.24, 2.45) is 0 Å². The lowest BCUT2D eigenvalue weighted by atomic mass is 10.1. The number of aryl methyl sites for hydroxylation is 1. The van der Waals surface area contributed by atoms with Gasteiger partial charge in [0.05, 0.1) is 0 Å². The maximum atomic E-state index is 12.7. The maximum Gasteiger partial charge on any atom is 0.244 e. The minimum Gasteiger partial charge on any atom is -0.374 e. The van der Waals surface area contributed by atoms with Crippen LogP contribution in [0.1, 0.15) is 51.3 Å². The number of fused-ring (bicyclic) bond motifs is 1. The van der Waals surface area contributed by atoms with Gasteiger partial charge in [0, 0.05) is 37.3 Å². The number of carbonyl (C=O) groups excluding carboxylic acids is 1. The van der Waals surface area contributed by atoms with Crippen LogP contribution in [0.2, 0.25) is 0 Å². The summed E-state index contributed by atoms with van der Waals surface area (Å²) in [5.74, 6) is 2.22. The highest BCUT2D eigenvalue weighted by atomic mass is 16.2. The third kappa shape index (κ3) is 3.99. The summed E-state index contributed by atoms with van der Waals surface area (Å²) < 4.78 is 2.26. The third-order valence-corrected chi connectivity index (χ3v) is 5.65. The lowest BCUT2D eigenvalue weighted by Crippen LogP contribution is -2.43. The van der Waals surface area contributed by atoms with Gasteiger partial charge in [0.15, 0.2) is 5.82 Å². The summed E-state index contributed by atoms with van der Waals surface area (Å²) in [5.41, 5.74) is 2.01. The summed E-state index contributed by atoms with van der Waals surface area (Å²) in [7, 11) is 0. The van der Waals surface area contributed by atoms with Gasteiger partial charge in [-0.2, -0.15) is 0 Å². The van der Waals surface area contributed by atoms with Crippen molar-refractivity contribution < 1.29 is 4.79 Å². The Morgan fingerprint density at radius 3 is 2.67 bits per heavy atom. The molecule has 2 aliphatic rings. The van der Waals surface area contributed by atoms with E-state index in [2.05, 4.69) is 32.2 Å². The molecule has 2 aromatic rings. The van der Waals surface area contributed by atoms with Gasteiger partial charge in [-0.15, -0.1) is 10.2 Å². The maximum absolute atomic E-state index is 12.7. The largest absolute Gasteiger partial charge is 0.374 e. The monoisotopic (exact) mass is 367 g/mol. The van der Waals surface area contributed by atoms with Gasteiger partial charge in [-0.1, -0.05) is 18.6 Å². The summed E-state index contributed by atoms with van der Waals surface area (Å²) >= 11 is 0. The predicted octanol–water partition coefficient (Wildman–Crippen LogP) is 3.48. The van der Waals surface area contributed by atoms with E-state index in [1.807, 2.05) is 24.0 Å². The molecule has 0 bridgehead atoms. The van der Waals surface area contributed by atoms with Crippen molar-refractivity contribution in [2.75, 3.05) is 18.4 Å². The number of nitrogens with zero attached hydrogens (tertiary/aromatic N) is 4. The molecule has 0 unspecified atom stereocenters. The minimum absolute atomic E-state index is 0.191. The zero-order valence-corrected chi connectivity index (χ0v) is 16.2. The number of likely N-dealkylation sites (tertiary alicyclic amines) is 1. The van der Waals surface area contributed by atoms with E-state index in [1.165, 1.54) is 25.7 Å². The van der Waals surface area contributed by atoms with Crippen LogP contribution in [-0.2, 0) is 17.8 Å². The van der Waals surface area contributed by atoms with E-state index in [9.17, 15) is 4.79 Å². The van der Waals surface area contributed by atoms with E-state index in [4.69, 9.17) is 0 Å². The fourth-order valence-electron chi connectivity index (χ4n) is 4.15. The number of aromatic nitrogens is 3. The van der Waals surface area contributed by atoms with E-state index >= 15 is 0 Å². The van der Waals surface area contributed by atoms with Crippen LogP contribution in [0.25, 0.3) is 11.4 Å². The van der Waals surface area contributed by atoms with Crippen LogP contribution in [0.3, 0.4) is 0 Å². The average molecular weight is 367 g/mol. The predicted molar refractivity (Wildman–Crippen MR) is 107 cm³/mol. The molecule has 0 saturated carbocycles. The highest BCUT2D eigenvalue weighted by Crippen LogP contribution is 2.25. The molecular formula is C21H29N5O. The van der Waals surface area contributed by atoms with Crippen molar-refractivity contribution in [3.8, 4) is 11.4 Å².